The number of likely N-dealkylation sites (tertiary alicyclic amines) is 1. The van der Waals surface area contributed by atoms with Crippen molar-refractivity contribution in [2.75, 3.05) is 18.4 Å². The van der Waals surface area contributed by atoms with Crippen LogP contribution >= 0.6 is 0 Å². The lowest BCUT2D eigenvalue weighted by Gasteiger charge is -2.28. The predicted octanol–water partition coefficient (Wildman–Crippen LogP) is 2.58. The molecule has 2 rings (SSSR count). The van der Waals surface area contributed by atoms with Gasteiger partial charge in [-0.1, -0.05) is 17.7 Å². The highest BCUT2D eigenvalue weighted by Crippen LogP contribution is 2.24. The van der Waals surface area contributed by atoms with Gasteiger partial charge in [-0.15, -0.1) is 0 Å². The fraction of sp³-hybridized carbons (Fsp3) is 0.500. The van der Waals surface area contributed by atoms with Gasteiger partial charge in [0.1, 0.15) is 5.41 Å². The van der Waals surface area contributed by atoms with Gasteiger partial charge in [0.25, 0.3) is 0 Å². The summed E-state index contributed by atoms with van der Waals surface area (Å²) in [5, 5.41) is 2.83. The number of benzene rings is 1. The molecule has 108 valence electrons. The topological polar surface area (TPSA) is 49.4 Å². The first-order valence-corrected chi connectivity index (χ1v) is 7.09. The monoisotopic (exact) mass is 274 g/mol. The number of hydrogen-bond donors (Lipinski definition) is 1. The summed E-state index contributed by atoms with van der Waals surface area (Å²) in [5.74, 6) is -0.335. The van der Waals surface area contributed by atoms with Gasteiger partial charge in [-0.3, -0.25) is 9.59 Å². The third-order valence-corrected chi connectivity index (χ3v) is 3.81. The van der Waals surface area contributed by atoms with Crippen molar-refractivity contribution >= 4 is 17.5 Å². The van der Waals surface area contributed by atoms with Crippen LogP contribution in [0.3, 0.4) is 0 Å². The van der Waals surface area contributed by atoms with Gasteiger partial charge in [0, 0.05) is 18.8 Å². The average Bonchev–Trinajstić information content (AvgIpc) is 2.94. The Hall–Kier alpha value is -1.84. The molecular weight excluding hydrogens is 252 g/mol. The van der Waals surface area contributed by atoms with Crippen LogP contribution in [-0.4, -0.2) is 29.8 Å². The van der Waals surface area contributed by atoms with Gasteiger partial charge in [-0.05, 0) is 45.7 Å². The molecule has 1 aromatic carbocycles. The number of amides is 2. The van der Waals surface area contributed by atoms with E-state index in [1.54, 1.807) is 18.7 Å². The molecule has 1 aliphatic heterocycles. The lowest BCUT2D eigenvalue weighted by Crippen LogP contribution is -2.46. The van der Waals surface area contributed by atoms with Crippen LogP contribution in [0.5, 0.6) is 0 Å². The van der Waals surface area contributed by atoms with E-state index in [1.165, 1.54) is 0 Å². The summed E-state index contributed by atoms with van der Waals surface area (Å²) in [7, 11) is 0. The Balaban J connectivity index is 2.06. The van der Waals surface area contributed by atoms with Gasteiger partial charge >= 0.3 is 0 Å². The van der Waals surface area contributed by atoms with Crippen molar-refractivity contribution in [2.24, 2.45) is 5.41 Å². The van der Waals surface area contributed by atoms with E-state index in [1.807, 2.05) is 31.2 Å². The normalized spacial score (nSPS) is 15.2. The number of carbonyl (C=O) groups excluding carboxylic acids is 2. The van der Waals surface area contributed by atoms with Crippen molar-refractivity contribution in [3.63, 3.8) is 0 Å². The van der Waals surface area contributed by atoms with Crippen molar-refractivity contribution in [3.8, 4) is 0 Å². The number of anilines is 1. The van der Waals surface area contributed by atoms with Crippen LogP contribution in [0.4, 0.5) is 5.69 Å². The molecule has 2 amide bonds. The Bertz CT molecular complexity index is 500. The van der Waals surface area contributed by atoms with Gasteiger partial charge in [0.2, 0.25) is 11.8 Å². The summed E-state index contributed by atoms with van der Waals surface area (Å²) < 4.78 is 0. The smallest absolute Gasteiger partial charge is 0.239 e. The van der Waals surface area contributed by atoms with Crippen molar-refractivity contribution < 1.29 is 9.59 Å². The van der Waals surface area contributed by atoms with Gasteiger partial charge in [-0.2, -0.15) is 0 Å². The summed E-state index contributed by atoms with van der Waals surface area (Å²) in [6.07, 6.45) is 2.06. The molecule has 1 aliphatic rings. The van der Waals surface area contributed by atoms with Crippen LogP contribution in [-0.2, 0) is 9.59 Å². The molecule has 4 heteroatoms. The first-order chi connectivity index (χ1) is 9.41. The first kappa shape index (κ1) is 14.6. The predicted molar refractivity (Wildman–Crippen MR) is 79.4 cm³/mol. The third-order valence-electron chi connectivity index (χ3n) is 3.81. The molecule has 4 nitrogen and oxygen atoms in total. The van der Waals surface area contributed by atoms with Crippen LogP contribution in [0.1, 0.15) is 32.3 Å². The Morgan fingerprint density at radius 3 is 2.20 bits per heavy atom. The van der Waals surface area contributed by atoms with Gasteiger partial charge < -0.3 is 10.2 Å². The second-order valence-electron chi connectivity index (χ2n) is 5.94. The first-order valence-electron chi connectivity index (χ1n) is 7.09. The van der Waals surface area contributed by atoms with Gasteiger partial charge in [0.15, 0.2) is 0 Å². The summed E-state index contributed by atoms with van der Waals surface area (Å²) >= 11 is 0. The fourth-order valence-corrected chi connectivity index (χ4v) is 2.34. The van der Waals surface area contributed by atoms with Crippen LogP contribution in [0.2, 0.25) is 0 Å². The molecule has 1 aromatic rings. The molecule has 20 heavy (non-hydrogen) atoms. The SMILES string of the molecule is Cc1ccc(NC(=O)C(C)(C)C(=O)N2CCCC2)cc1. The molecule has 1 N–H and O–H groups in total. The van der Waals surface area contributed by atoms with Crippen LogP contribution in [0.25, 0.3) is 0 Å². The maximum atomic E-state index is 12.4. The molecule has 0 unspecified atom stereocenters. The van der Waals surface area contributed by atoms with E-state index in [0.717, 1.165) is 37.2 Å². The zero-order chi connectivity index (χ0) is 14.8. The van der Waals surface area contributed by atoms with E-state index in [4.69, 9.17) is 0 Å². The number of carbonyl (C=O) groups is 2. The lowest BCUT2D eigenvalue weighted by molar-refractivity contribution is -0.145. The summed E-state index contributed by atoms with van der Waals surface area (Å²) in [4.78, 5) is 26.6. The summed E-state index contributed by atoms with van der Waals surface area (Å²) in [6.45, 7) is 6.90. The molecule has 0 aliphatic carbocycles. The van der Waals surface area contributed by atoms with Crippen LogP contribution < -0.4 is 5.32 Å². The largest absolute Gasteiger partial charge is 0.342 e. The molecule has 1 fully saturated rings. The van der Waals surface area contributed by atoms with Crippen molar-refractivity contribution in [2.45, 2.75) is 33.6 Å². The quantitative estimate of drug-likeness (QED) is 0.861. The lowest BCUT2D eigenvalue weighted by atomic mass is 9.90. The molecule has 0 saturated carbocycles. The van der Waals surface area contributed by atoms with Crippen molar-refractivity contribution in [3.05, 3.63) is 29.8 Å². The zero-order valence-corrected chi connectivity index (χ0v) is 12.4. The molecule has 0 atom stereocenters. The van der Waals surface area contributed by atoms with Crippen molar-refractivity contribution in [1.29, 1.82) is 0 Å². The number of rotatable bonds is 3. The van der Waals surface area contributed by atoms with Crippen LogP contribution in [0.15, 0.2) is 24.3 Å². The van der Waals surface area contributed by atoms with E-state index >= 15 is 0 Å². The minimum atomic E-state index is -1.03. The highest BCUT2D eigenvalue weighted by Gasteiger charge is 2.39. The van der Waals surface area contributed by atoms with Crippen molar-refractivity contribution in [1.82, 2.24) is 4.90 Å². The Kier molecular flexibility index (Phi) is 4.12. The summed E-state index contributed by atoms with van der Waals surface area (Å²) in [5.41, 5.74) is 0.827. The second-order valence-corrected chi connectivity index (χ2v) is 5.94. The van der Waals surface area contributed by atoms with E-state index < -0.39 is 5.41 Å². The number of hydrogen-bond acceptors (Lipinski definition) is 2. The molecule has 0 bridgehead atoms. The van der Waals surface area contributed by atoms with E-state index in [0.29, 0.717) is 0 Å². The number of nitrogens with zero attached hydrogens (tertiary/aromatic N) is 1. The molecular formula is C16H22N2O2. The maximum Gasteiger partial charge on any atom is 0.239 e. The fourth-order valence-electron chi connectivity index (χ4n) is 2.34. The molecule has 0 spiro atoms. The van der Waals surface area contributed by atoms with E-state index in [9.17, 15) is 9.59 Å². The zero-order valence-electron chi connectivity index (χ0n) is 12.4. The highest BCUT2D eigenvalue weighted by atomic mass is 16.2. The van der Waals surface area contributed by atoms with Gasteiger partial charge in [-0.25, -0.2) is 0 Å². The minimum absolute atomic E-state index is 0.0837. The molecule has 0 radical (unpaired) electrons. The van der Waals surface area contributed by atoms with Gasteiger partial charge in [0.05, 0.1) is 0 Å². The molecule has 1 heterocycles. The summed E-state index contributed by atoms with van der Waals surface area (Å²) in [6, 6.07) is 7.57. The Morgan fingerprint density at radius 2 is 1.65 bits per heavy atom. The van der Waals surface area contributed by atoms with E-state index in [2.05, 4.69) is 5.32 Å². The number of nitrogens with one attached hydrogen (secondary N) is 1. The highest BCUT2D eigenvalue weighted by molar-refractivity contribution is 6.09. The number of aryl methyl sites for hydroxylation is 1. The Labute approximate surface area is 120 Å². The minimum Gasteiger partial charge on any atom is -0.342 e. The maximum absolute atomic E-state index is 12.4. The molecule has 1 saturated heterocycles. The standard InChI is InChI=1S/C16H22N2O2/c1-12-6-8-13(9-7-12)17-14(19)16(2,3)15(20)18-10-4-5-11-18/h6-9H,4-5,10-11H2,1-3H3,(H,17,19). The third kappa shape index (κ3) is 3.00. The second kappa shape index (κ2) is 5.65. The average molecular weight is 274 g/mol. The Morgan fingerprint density at radius 1 is 1.10 bits per heavy atom. The van der Waals surface area contributed by atoms with Crippen LogP contribution in [0, 0.1) is 12.3 Å². The van der Waals surface area contributed by atoms with E-state index in [-0.39, 0.29) is 11.8 Å². The molecule has 0 aromatic heterocycles.